The Bertz CT molecular complexity index is 243. The van der Waals surface area contributed by atoms with Crippen LogP contribution < -0.4 is 5.32 Å². The summed E-state index contributed by atoms with van der Waals surface area (Å²) in [4.78, 5) is 14.4. The quantitative estimate of drug-likeness (QED) is 0.585. The summed E-state index contributed by atoms with van der Waals surface area (Å²) in [5.74, 6) is 0.0965. The molecule has 0 saturated carbocycles. The number of amides is 1. The maximum absolute atomic E-state index is 10.7. The first-order chi connectivity index (χ1) is 4.74. The van der Waals surface area contributed by atoms with E-state index in [1.165, 1.54) is 7.05 Å². The van der Waals surface area contributed by atoms with Crippen molar-refractivity contribution in [3.8, 4) is 0 Å². The third kappa shape index (κ3) is 1.12. The molecule has 0 saturated heterocycles. The predicted octanol–water partition coefficient (Wildman–Crippen LogP) is -0.262. The van der Waals surface area contributed by atoms with E-state index in [2.05, 4.69) is 20.0 Å². The van der Waals surface area contributed by atoms with E-state index >= 15 is 0 Å². The van der Waals surface area contributed by atoms with Crippen molar-refractivity contribution in [1.29, 1.82) is 0 Å². The predicted molar refractivity (Wildman–Crippen MR) is 32.4 cm³/mol. The monoisotopic (exact) mass is 141 g/mol. The van der Waals surface area contributed by atoms with E-state index in [1.54, 1.807) is 6.92 Å². The molecule has 1 aromatic rings. The highest BCUT2D eigenvalue weighted by atomic mass is 16.5. The second-order valence-electron chi connectivity index (χ2n) is 1.73. The number of rotatable bonds is 1. The summed E-state index contributed by atoms with van der Waals surface area (Å²) >= 11 is 0. The average Bonchev–Trinajstić information content (AvgIpc) is 2.34. The normalized spacial score (nSPS) is 9.40. The highest BCUT2D eigenvalue weighted by molar-refractivity contribution is 5.89. The summed E-state index contributed by atoms with van der Waals surface area (Å²) in [5, 5.41) is 5.80. The molecule has 5 heteroatoms. The summed E-state index contributed by atoms with van der Waals surface area (Å²) in [7, 11) is 1.50. The van der Waals surface area contributed by atoms with Crippen LogP contribution in [0.5, 0.6) is 0 Å². The molecule has 1 amide bonds. The Morgan fingerprint density at radius 1 is 1.70 bits per heavy atom. The number of aromatic nitrogens is 2. The zero-order chi connectivity index (χ0) is 7.56. The maximum Gasteiger partial charge on any atom is 0.315 e. The van der Waals surface area contributed by atoms with E-state index in [0.717, 1.165) is 0 Å². The summed E-state index contributed by atoms with van der Waals surface area (Å²) in [6.07, 6.45) is 0. The topological polar surface area (TPSA) is 68.0 Å². The molecule has 0 bridgehead atoms. The van der Waals surface area contributed by atoms with E-state index in [9.17, 15) is 4.79 Å². The fourth-order valence-electron chi connectivity index (χ4n) is 0.496. The average molecular weight is 141 g/mol. The first-order valence-corrected chi connectivity index (χ1v) is 2.76. The van der Waals surface area contributed by atoms with Gasteiger partial charge in [0.05, 0.1) is 0 Å². The molecule has 1 aromatic heterocycles. The largest absolute Gasteiger partial charge is 0.351 e. The lowest BCUT2D eigenvalue weighted by Crippen LogP contribution is -2.17. The van der Waals surface area contributed by atoms with Crippen molar-refractivity contribution in [3.05, 3.63) is 11.7 Å². The SMILES string of the molecule is CNC(=O)c1nc(C)no1. The highest BCUT2D eigenvalue weighted by Crippen LogP contribution is 1.93. The van der Waals surface area contributed by atoms with Crippen molar-refractivity contribution in [3.63, 3.8) is 0 Å². The summed E-state index contributed by atoms with van der Waals surface area (Å²) in [6, 6.07) is 0. The van der Waals surface area contributed by atoms with Gasteiger partial charge in [0, 0.05) is 7.05 Å². The molecule has 0 aliphatic heterocycles. The van der Waals surface area contributed by atoms with Gasteiger partial charge in [-0.15, -0.1) is 0 Å². The molecular formula is C5H7N3O2. The summed E-state index contributed by atoms with van der Waals surface area (Å²) < 4.78 is 4.54. The van der Waals surface area contributed by atoms with Gasteiger partial charge in [0.2, 0.25) is 0 Å². The Morgan fingerprint density at radius 3 is 2.80 bits per heavy atom. The van der Waals surface area contributed by atoms with E-state index in [-0.39, 0.29) is 11.8 Å². The molecule has 0 aliphatic rings. The van der Waals surface area contributed by atoms with Crippen LogP contribution in [0.25, 0.3) is 0 Å². The van der Waals surface area contributed by atoms with Gasteiger partial charge in [-0.3, -0.25) is 4.79 Å². The summed E-state index contributed by atoms with van der Waals surface area (Å²) in [5.41, 5.74) is 0. The number of hydrogen-bond donors (Lipinski definition) is 1. The van der Waals surface area contributed by atoms with Crippen LogP contribution in [0.3, 0.4) is 0 Å². The van der Waals surface area contributed by atoms with Crippen molar-refractivity contribution in [2.75, 3.05) is 7.05 Å². The molecule has 0 aromatic carbocycles. The second-order valence-corrected chi connectivity index (χ2v) is 1.73. The van der Waals surface area contributed by atoms with Crippen molar-refractivity contribution in [1.82, 2.24) is 15.5 Å². The van der Waals surface area contributed by atoms with Gasteiger partial charge in [0.15, 0.2) is 5.82 Å². The van der Waals surface area contributed by atoms with Gasteiger partial charge in [0.1, 0.15) is 0 Å². The Balaban J connectivity index is 2.85. The molecule has 1 heterocycles. The fraction of sp³-hybridized carbons (Fsp3) is 0.400. The lowest BCUT2D eigenvalue weighted by Gasteiger charge is -1.87. The highest BCUT2D eigenvalue weighted by Gasteiger charge is 2.09. The van der Waals surface area contributed by atoms with Crippen molar-refractivity contribution < 1.29 is 9.32 Å². The summed E-state index contributed by atoms with van der Waals surface area (Å²) in [6.45, 7) is 1.65. The Kier molecular flexibility index (Phi) is 1.66. The maximum atomic E-state index is 10.7. The Hall–Kier alpha value is -1.39. The number of aryl methyl sites for hydroxylation is 1. The van der Waals surface area contributed by atoms with E-state index in [1.807, 2.05) is 0 Å². The van der Waals surface area contributed by atoms with Crippen LogP contribution in [-0.4, -0.2) is 23.1 Å². The van der Waals surface area contributed by atoms with Gasteiger partial charge in [0.25, 0.3) is 0 Å². The number of carbonyl (C=O) groups excluding carboxylic acids is 1. The molecule has 0 unspecified atom stereocenters. The number of carbonyl (C=O) groups is 1. The molecule has 5 nitrogen and oxygen atoms in total. The van der Waals surface area contributed by atoms with Crippen LogP contribution >= 0.6 is 0 Å². The zero-order valence-electron chi connectivity index (χ0n) is 5.71. The lowest BCUT2D eigenvalue weighted by atomic mass is 10.6. The van der Waals surface area contributed by atoms with Gasteiger partial charge in [-0.2, -0.15) is 4.98 Å². The smallest absolute Gasteiger partial charge is 0.315 e. The van der Waals surface area contributed by atoms with Gasteiger partial charge < -0.3 is 9.84 Å². The van der Waals surface area contributed by atoms with E-state index in [0.29, 0.717) is 5.82 Å². The van der Waals surface area contributed by atoms with Crippen molar-refractivity contribution >= 4 is 5.91 Å². The molecule has 1 rings (SSSR count). The number of nitrogens with zero attached hydrogens (tertiary/aromatic N) is 2. The second kappa shape index (κ2) is 2.47. The molecule has 0 spiro atoms. The molecule has 1 N–H and O–H groups in total. The van der Waals surface area contributed by atoms with Crippen LogP contribution in [0.4, 0.5) is 0 Å². The minimum Gasteiger partial charge on any atom is -0.351 e. The zero-order valence-corrected chi connectivity index (χ0v) is 5.71. The van der Waals surface area contributed by atoms with Gasteiger partial charge >= 0.3 is 11.8 Å². The third-order valence-corrected chi connectivity index (χ3v) is 0.949. The minimum absolute atomic E-state index is 0.000000000000000222. The standard InChI is InChI=1S/C5H7N3O2/c1-3-7-5(10-8-3)4(9)6-2/h1-2H3,(H,6,9). The first-order valence-electron chi connectivity index (χ1n) is 2.76. The fourth-order valence-corrected chi connectivity index (χ4v) is 0.496. The number of hydrogen-bond acceptors (Lipinski definition) is 4. The van der Waals surface area contributed by atoms with Gasteiger partial charge in [-0.25, -0.2) is 0 Å². The third-order valence-electron chi connectivity index (χ3n) is 0.949. The van der Waals surface area contributed by atoms with Gasteiger partial charge in [-0.05, 0) is 6.92 Å². The molecule has 10 heavy (non-hydrogen) atoms. The molecule has 0 aliphatic carbocycles. The van der Waals surface area contributed by atoms with Crippen molar-refractivity contribution in [2.24, 2.45) is 0 Å². The molecule has 0 radical (unpaired) electrons. The molecule has 0 atom stereocenters. The van der Waals surface area contributed by atoms with Crippen LogP contribution in [-0.2, 0) is 0 Å². The number of nitrogens with one attached hydrogen (secondary N) is 1. The Morgan fingerprint density at radius 2 is 2.40 bits per heavy atom. The van der Waals surface area contributed by atoms with Crippen LogP contribution in [0.15, 0.2) is 4.52 Å². The van der Waals surface area contributed by atoms with E-state index in [4.69, 9.17) is 0 Å². The van der Waals surface area contributed by atoms with Gasteiger partial charge in [-0.1, -0.05) is 5.16 Å². The lowest BCUT2D eigenvalue weighted by molar-refractivity contribution is 0.0919. The van der Waals surface area contributed by atoms with Crippen LogP contribution in [0, 0.1) is 6.92 Å². The van der Waals surface area contributed by atoms with Crippen LogP contribution in [0.2, 0.25) is 0 Å². The first kappa shape index (κ1) is 6.73. The Labute approximate surface area is 57.4 Å². The molecular weight excluding hydrogens is 134 g/mol. The minimum atomic E-state index is -0.361. The van der Waals surface area contributed by atoms with E-state index < -0.39 is 0 Å². The van der Waals surface area contributed by atoms with Crippen molar-refractivity contribution in [2.45, 2.75) is 6.92 Å². The molecule has 0 fully saturated rings. The molecule has 54 valence electrons. The van der Waals surface area contributed by atoms with Crippen LogP contribution in [0.1, 0.15) is 16.5 Å².